The second kappa shape index (κ2) is 5.27. The van der Waals surface area contributed by atoms with Gasteiger partial charge in [-0.2, -0.15) is 0 Å². The monoisotopic (exact) mass is 276 g/mol. The number of aromatic nitrogens is 1. The number of nitrogen functional groups attached to an aromatic ring is 1. The number of benzene rings is 1. The standard InChI is InChI=1S/C13H16N4OS/c1-8-12(19-7-16-8)6-17(2)11-4-3-9(13(15)18)5-10(11)14/h3-5,7H,6,14H2,1-2H3,(H2,15,18). The molecule has 0 fully saturated rings. The molecule has 5 nitrogen and oxygen atoms in total. The molecule has 0 saturated carbocycles. The van der Waals surface area contributed by atoms with Gasteiger partial charge in [0.15, 0.2) is 0 Å². The van der Waals surface area contributed by atoms with Crippen LogP contribution < -0.4 is 16.4 Å². The molecule has 1 aromatic carbocycles. The Bertz CT molecular complexity index is 608. The lowest BCUT2D eigenvalue weighted by Crippen LogP contribution is -2.18. The van der Waals surface area contributed by atoms with Crippen LogP contribution in [0.15, 0.2) is 23.7 Å². The third-order valence-electron chi connectivity index (χ3n) is 2.95. The average Bonchev–Trinajstić information content (AvgIpc) is 2.74. The molecule has 4 N–H and O–H groups in total. The number of nitrogens with two attached hydrogens (primary N) is 2. The van der Waals surface area contributed by atoms with Gasteiger partial charge in [-0.15, -0.1) is 11.3 Å². The minimum absolute atomic E-state index is 0.420. The lowest BCUT2D eigenvalue weighted by Gasteiger charge is -2.21. The Morgan fingerprint density at radius 2 is 2.21 bits per heavy atom. The Morgan fingerprint density at radius 1 is 1.47 bits per heavy atom. The van der Waals surface area contributed by atoms with E-state index in [9.17, 15) is 4.79 Å². The highest BCUT2D eigenvalue weighted by atomic mass is 32.1. The molecule has 1 amide bonds. The maximum Gasteiger partial charge on any atom is 0.248 e. The van der Waals surface area contributed by atoms with Gasteiger partial charge in [0, 0.05) is 17.5 Å². The summed E-state index contributed by atoms with van der Waals surface area (Å²) in [5.41, 5.74) is 15.9. The first-order valence-electron chi connectivity index (χ1n) is 5.78. The molecule has 0 aliphatic heterocycles. The number of hydrogen-bond acceptors (Lipinski definition) is 5. The third kappa shape index (κ3) is 2.85. The number of anilines is 2. The van der Waals surface area contributed by atoms with E-state index >= 15 is 0 Å². The maximum absolute atomic E-state index is 11.1. The summed E-state index contributed by atoms with van der Waals surface area (Å²) >= 11 is 1.62. The highest BCUT2D eigenvalue weighted by Gasteiger charge is 2.11. The lowest BCUT2D eigenvalue weighted by molar-refractivity contribution is 0.100. The average molecular weight is 276 g/mol. The van der Waals surface area contributed by atoms with Crippen molar-refractivity contribution in [3.05, 3.63) is 39.8 Å². The number of carbonyl (C=O) groups excluding carboxylic acids is 1. The number of carbonyl (C=O) groups is 1. The molecule has 0 radical (unpaired) electrons. The van der Waals surface area contributed by atoms with E-state index in [1.54, 1.807) is 23.5 Å². The summed E-state index contributed by atoms with van der Waals surface area (Å²) in [5, 5.41) is 0. The topological polar surface area (TPSA) is 85.2 Å². The van der Waals surface area contributed by atoms with Crippen molar-refractivity contribution in [1.82, 2.24) is 4.98 Å². The van der Waals surface area contributed by atoms with Crippen LogP contribution in [0, 0.1) is 6.92 Å². The summed E-state index contributed by atoms with van der Waals surface area (Å²) in [6.07, 6.45) is 0. The largest absolute Gasteiger partial charge is 0.397 e. The number of nitrogens with zero attached hydrogens (tertiary/aromatic N) is 2. The van der Waals surface area contributed by atoms with Crippen LogP contribution in [0.3, 0.4) is 0 Å². The molecule has 100 valence electrons. The molecule has 0 spiro atoms. The van der Waals surface area contributed by atoms with E-state index < -0.39 is 5.91 Å². The fourth-order valence-corrected chi connectivity index (χ4v) is 2.66. The normalized spacial score (nSPS) is 10.4. The third-order valence-corrected chi connectivity index (χ3v) is 3.87. The van der Waals surface area contributed by atoms with Crippen molar-refractivity contribution in [3.63, 3.8) is 0 Å². The molecule has 1 heterocycles. The number of hydrogen-bond donors (Lipinski definition) is 2. The van der Waals surface area contributed by atoms with Gasteiger partial charge in [-0.3, -0.25) is 4.79 Å². The van der Waals surface area contributed by atoms with Crippen molar-refractivity contribution in [1.29, 1.82) is 0 Å². The molecular formula is C13H16N4OS. The first kappa shape index (κ1) is 13.4. The van der Waals surface area contributed by atoms with Crippen LogP contribution in [0.25, 0.3) is 0 Å². The number of amides is 1. The van der Waals surface area contributed by atoms with Crippen molar-refractivity contribution in [2.45, 2.75) is 13.5 Å². The molecule has 1 aromatic heterocycles. The van der Waals surface area contributed by atoms with Crippen LogP contribution in [-0.2, 0) is 6.54 Å². The Balaban J connectivity index is 2.22. The van der Waals surface area contributed by atoms with Gasteiger partial charge in [0.2, 0.25) is 5.91 Å². The first-order valence-corrected chi connectivity index (χ1v) is 6.66. The second-order valence-corrected chi connectivity index (χ2v) is 5.29. The van der Waals surface area contributed by atoms with Gasteiger partial charge < -0.3 is 16.4 Å². The van der Waals surface area contributed by atoms with Crippen molar-refractivity contribution in [2.75, 3.05) is 17.7 Å². The van der Waals surface area contributed by atoms with E-state index in [4.69, 9.17) is 11.5 Å². The van der Waals surface area contributed by atoms with Crippen LogP contribution in [0.4, 0.5) is 11.4 Å². The van der Waals surface area contributed by atoms with Crippen molar-refractivity contribution in [3.8, 4) is 0 Å². The van der Waals surface area contributed by atoms with Crippen molar-refractivity contribution >= 4 is 28.6 Å². The molecule has 0 unspecified atom stereocenters. The second-order valence-electron chi connectivity index (χ2n) is 4.35. The Kier molecular flexibility index (Phi) is 3.71. The summed E-state index contributed by atoms with van der Waals surface area (Å²) in [5.74, 6) is -0.473. The Hall–Kier alpha value is -2.08. The van der Waals surface area contributed by atoms with E-state index in [0.717, 1.165) is 17.9 Å². The van der Waals surface area contributed by atoms with E-state index in [1.807, 2.05) is 30.4 Å². The maximum atomic E-state index is 11.1. The zero-order valence-corrected chi connectivity index (χ0v) is 11.7. The number of primary amides is 1. The molecule has 0 bridgehead atoms. The number of aryl methyl sites for hydroxylation is 1. The van der Waals surface area contributed by atoms with Crippen LogP contribution in [0.5, 0.6) is 0 Å². The van der Waals surface area contributed by atoms with Gasteiger partial charge in [-0.05, 0) is 25.1 Å². The van der Waals surface area contributed by atoms with Gasteiger partial charge in [-0.1, -0.05) is 0 Å². The summed E-state index contributed by atoms with van der Waals surface area (Å²) in [4.78, 5) is 18.5. The molecule has 2 aromatic rings. The van der Waals surface area contributed by atoms with Gasteiger partial charge in [0.1, 0.15) is 0 Å². The highest BCUT2D eigenvalue weighted by molar-refractivity contribution is 7.09. The van der Waals surface area contributed by atoms with Crippen LogP contribution in [-0.4, -0.2) is 17.9 Å². The summed E-state index contributed by atoms with van der Waals surface area (Å²) in [7, 11) is 1.95. The first-order chi connectivity index (χ1) is 8.99. The van der Waals surface area contributed by atoms with Crippen LogP contribution in [0.2, 0.25) is 0 Å². The van der Waals surface area contributed by atoms with Crippen molar-refractivity contribution in [2.24, 2.45) is 5.73 Å². The molecule has 0 saturated heterocycles. The molecule has 0 atom stereocenters. The van der Waals surface area contributed by atoms with E-state index in [-0.39, 0.29) is 0 Å². The van der Waals surface area contributed by atoms with Gasteiger partial charge in [0.05, 0.1) is 29.1 Å². The van der Waals surface area contributed by atoms with Crippen molar-refractivity contribution < 1.29 is 4.79 Å². The Labute approximate surface area is 115 Å². The van der Waals surface area contributed by atoms with Crippen LogP contribution >= 0.6 is 11.3 Å². The summed E-state index contributed by atoms with van der Waals surface area (Å²) in [6, 6.07) is 5.10. The predicted molar refractivity (Wildman–Crippen MR) is 78.3 cm³/mol. The minimum Gasteiger partial charge on any atom is -0.397 e. The molecule has 19 heavy (non-hydrogen) atoms. The fourth-order valence-electron chi connectivity index (χ4n) is 1.83. The zero-order chi connectivity index (χ0) is 14.0. The van der Waals surface area contributed by atoms with E-state index in [2.05, 4.69) is 4.98 Å². The Morgan fingerprint density at radius 3 is 2.74 bits per heavy atom. The number of rotatable bonds is 4. The fraction of sp³-hybridized carbons (Fsp3) is 0.231. The molecule has 2 rings (SSSR count). The smallest absolute Gasteiger partial charge is 0.248 e. The van der Waals surface area contributed by atoms with E-state index in [1.165, 1.54) is 4.88 Å². The quantitative estimate of drug-likeness (QED) is 0.833. The number of thiazole rings is 1. The highest BCUT2D eigenvalue weighted by Crippen LogP contribution is 2.26. The predicted octanol–water partition coefficient (Wildman–Crippen LogP) is 1.77. The summed E-state index contributed by atoms with van der Waals surface area (Å²) in [6.45, 7) is 2.72. The molecule has 6 heteroatoms. The molecule has 0 aliphatic carbocycles. The lowest BCUT2D eigenvalue weighted by atomic mass is 10.1. The molecule has 0 aliphatic rings. The van der Waals surface area contributed by atoms with Gasteiger partial charge in [-0.25, -0.2) is 4.98 Å². The zero-order valence-electron chi connectivity index (χ0n) is 10.9. The van der Waals surface area contributed by atoms with Crippen LogP contribution in [0.1, 0.15) is 20.9 Å². The van der Waals surface area contributed by atoms with E-state index in [0.29, 0.717) is 11.3 Å². The minimum atomic E-state index is -0.473. The van der Waals surface area contributed by atoms with Gasteiger partial charge in [0.25, 0.3) is 0 Å². The SMILES string of the molecule is Cc1ncsc1CN(C)c1ccc(C(N)=O)cc1N. The van der Waals surface area contributed by atoms with Gasteiger partial charge >= 0.3 is 0 Å². The summed E-state index contributed by atoms with van der Waals surface area (Å²) < 4.78 is 0. The molecular weight excluding hydrogens is 260 g/mol.